The van der Waals surface area contributed by atoms with Crippen molar-refractivity contribution >= 4 is 11.3 Å². The summed E-state index contributed by atoms with van der Waals surface area (Å²) in [6.45, 7) is 9.53. The number of hydrogen-bond acceptors (Lipinski definition) is 2. The molecule has 0 radical (unpaired) electrons. The standard InChI is InChI=1S/C17H27NS/c1-4-11-18-15(10-9-13(2)3)17-12-14-7-5-6-8-16(14)19-17/h12,15,18H,2,4-11H2,1,3H3. The van der Waals surface area contributed by atoms with Crippen molar-refractivity contribution in [2.45, 2.75) is 64.8 Å². The van der Waals surface area contributed by atoms with Crippen molar-refractivity contribution in [1.29, 1.82) is 0 Å². The van der Waals surface area contributed by atoms with Gasteiger partial charge in [0.2, 0.25) is 0 Å². The molecule has 0 fully saturated rings. The van der Waals surface area contributed by atoms with E-state index in [1.54, 1.807) is 15.3 Å². The van der Waals surface area contributed by atoms with Gasteiger partial charge in [0.05, 0.1) is 0 Å². The molecule has 1 aliphatic carbocycles. The zero-order valence-electron chi connectivity index (χ0n) is 12.4. The van der Waals surface area contributed by atoms with Gasteiger partial charge in [0.25, 0.3) is 0 Å². The van der Waals surface area contributed by atoms with Crippen LogP contribution < -0.4 is 5.32 Å². The van der Waals surface area contributed by atoms with Crippen LogP contribution in [0.15, 0.2) is 18.2 Å². The molecule has 106 valence electrons. The van der Waals surface area contributed by atoms with Gasteiger partial charge in [-0.15, -0.1) is 17.9 Å². The van der Waals surface area contributed by atoms with Gasteiger partial charge in [0.1, 0.15) is 0 Å². The number of hydrogen-bond donors (Lipinski definition) is 1. The summed E-state index contributed by atoms with van der Waals surface area (Å²) in [6.07, 6.45) is 8.88. The number of aryl methyl sites for hydroxylation is 2. The summed E-state index contributed by atoms with van der Waals surface area (Å²) in [5.41, 5.74) is 2.93. The summed E-state index contributed by atoms with van der Waals surface area (Å²) in [6, 6.07) is 3.01. The van der Waals surface area contributed by atoms with Crippen molar-refractivity contribution in [3.63, 3.8) is 0 Å². The van der Waals surface area contributed by atoms with E-state index < -0.39 is 0 Å². The second kappa shape index (κ2) is 7.25. The smallest absolute Gasteiger partial charge is 0.0418 e. The molecule has 0 aliphatic heterocycles. The molecule has 1 heterocycles. The summed E-state index contributed by atoms with van der Waals surface area (Å²) in [7, 11) is 0. The Morgan fingerprint density at radius 1 is 1.42 bits per heavy atom. The van der Waals surface area contributed by atoms with Crippen molar-refractivity contribution in [3.05, 3.63) is 33.5 Å². The van der Waals surface area contributed by atoms with Gasteiger partial charge in [-0.25, -0.2) is 0 Å². The third-order valence-corrected chi connectivity index (χ3v) is 5.21. The molecule has 1 aromatic heterocycles. The first-order chi connectivity index (χ1) is 9.20. The fourth-order valence-corrected chi connectivity index (χ4v) is 4.11. The van der Waals surface area contributed by atoms with Crippen molar-refractivity contribution < 1.29 is 0 Å². The van der Waals surface area contributed by atoms with Crippen LogP contribution in [0.2, 0.25) is 0 Å². The molecule has 0 saturated carbocycles. The maximum Gasteiger partial charge on any atom is 0.0418 e. The van der Waals surface area contributed by atoms with Gasteiger partial charge in [0.15, 0.2) is 0 Å². The van der Waals surface area contributed by atoms with E-state index in [0.29, 0.717) is 6.04 Å². The highest BCUT2D eigenvalue weighted by Gasteiger charge is 2.18. The van der Waals surface area contributed by atoms with E-state index in [0.717, 1.165) is 13.0 Å². The largest absolute Gasteiger partial charge is 0.309 e. The molecule has 0 bridgehead atoms. The van der Waals surface area contributed by atoms with Crippen molar-refractivity contribution in [1.82, 2.24) is 5.32 Å². The van der Waals surface area contributed by atoms with Gasteiger partial charge in [-0.3, -0.25) is 0 Å². The lowest BCUT2D eigenvalue weighted by atomic mass is 9.98. The Hall–Kier alpha value is -0.600. The molecular formula is C17H27NS. The number of rotatable bonds is 7. The highest BCUT2D eigenvalue weighted by molar-refractivity contribution is 7.12. The van der Waals surface area contributed by atoms with E-state index in [2.05, 4.69) is 43.1 Å². The average Bonchev–Trinajstić information content (AvgIpc) is 2.82. The van der Waals surface area contributed by atoms with Crippen LogP contribution in [-0.2, 0) is 12.8 Å². The van der Waals surface area contributed by atoms with Gasteiger partial charge in [-0.1, -0.05) is 12.5 Å². The molecule has 2 heteroatoms. The molecule has 1 aromatic rings. The zero-order valence-corrected chi connectivity index (χ0v) is 13.2. The molecule has 0 aromatic carbocycles. The molecule has 1 unspecified atom stereocenters. The van der Waals surface area contributed by atoms with Gasteiger partial charge >= 0.3 is 0 Å². The van der Waals surface area contributed by atoms with Crippen LogP contribution >= 0.6 is 11.3 Å². The van der Waals surface area contributed by atoms with Crippen LogP contribution in [-0.4, -0.2) is 6.54 Å². The van der Waals surface area contributed by atoms with Crippen LogP contribution in [0.25, 0.3) is 0 Å². The summed E-state index contributed by atoms with van der Waals surface area (Å²) < 4.78 is 0. The quantitative estimate of drug-likeness (QED) is 0.690. The number of allylic oxidation sites excluding steroid dienone is 1. The van der Waals surface area contributed by atoms with Gasteiger partial charge in [-0.2, -0.15) is 0 Å². The average molecular weight is 277 g/mol. The predicted molar refractivity (Wildman–Crippen MR) is 86.0 cm³/mol. The van der Waals surface area contributed by atoms with Crippen LogP contribution in [0.3, 0.4) is 0 Å². The SMILES string of the molecule is C=C(C)CCC(NCCC)c1cc2c(s1)CCCC2. The van der Waals surface area contributed by atoms with Crippen molar-refractivity contribution in [2.75, 3.05) is 6.54 Å². The first-order valence-corrected chi connectivity index (χ1v) is 8.51. The molecule has 2 rings (SSSR count). The van der Waals surface area contributed by atoms with E-state index >= 15 is 0 Å². The monoisotopic (exact) mass is 277 g/mol. The molecular weight excluding hydrogens is 250 g/mol. The second-order valence-corrected chi connectivity index (χ2v) is 6.98. The first kappa shape index (κ1) is 14.8. The molecule has 0 spiro atoms. The Morgan fingerprint density at radius 2 is 2.21 bits per heavy atom. The minimum absolute atomic E-state index is 0.534. The minimum atomic E-state index is 0.534. The maximum atomic E-state index is 4.04. The van der Waals surface area contributed by atoms with Crippen LogP contribution in [0.4, 0.5) is 0 Å². The Kier molecular flexibility index (Phi) is 5.65. The van der Waals surface area contributed by atoms with Crippen LogP contribution in [0, 0.1) is 0 Å². The summed E-state index contributed by atoms with van der Waals surface area (Å²) in [4.78, 5) is 3.21. The molecule has 0 saturated heterocycles. The normalized spacial score (nSPS) is 16.1. The number of fused-ring (bicyclic) bond motifs is 1. The van der Waals surface area contributed by atoms with E-state index in [1.807, 2.05) is 0 Å². The zero-order chi connectivity index (χ0) is 13.7. The predicted octanol–water partition coefficient (Wildman–Crippen LogP) is 5.02. The molecule has 1 atom stereocenters. The third-order valence-electron chi connectivity index (χ3n) is 3.86. The molecule has 0 amide bonds. The number of thiophene rings is 1. The van der Waals surface area contributed by atoms with E-state index in [-0.39, 0.29) is 0 Å². The Labute approximate surface area is 122 Å². The maximum absolute atomic E-state index is 4.04. The van der Waals surface area contributed by atoms with E-state index in [4.69, 9.17) is 0 Å². The summed E-state index contributed by atoms with van der Waals surface area (Å²) >= 11 is 2.05. The lowest BCUT2D eigenvalue weighted by Gasteiger charge is -2.17. The summed E-state index contributed by atoms with van der Waals surface area (Å²) in [5.74, 6) is 0. The lowest BCUT2D eigenvalue weighted by Crippen LogP contribution is -2.21. The Bertz CT molecular complexity index is 395. The van der Waals surface area contributed by atoms with Crippen LogP contribution in [0.1, 0.15) is 67.3 Å². The van der Waals surface area contributed by atoms with Crippen molar-refractivity contribution in [3.8, 4) is 0 Å². The lowest BCUT2D eigenvalue weighted by molar-refractivity contribution is 0.505. The van der Waals surface area contributed by atoms with Gasteiger partial charge in [-0.05, 0) is 70.0 Å². The second-order valence-electron chi connectivity index (χ2n) is 5.81. The minimum Gasteiger partial charge on any atom is -0.309 e. The highest BCUT2D eigenvalue weighted by Crippen LogP contribution is 2.34. The molecule has 1 nitrogen and oxygen atoms in total. The van der Waals surface area contributed by atoms with Gasteiger partial charge < -0.3 is 5.32 Å². The third kappa shape index (κ3) is 4.19. The van der Waals surface area contributed by atoms with Gasteiger partial charge in [0, 0.05) is 15.8 Å². The molecule has 1 aliphatic rings. The highest BCUT2D eigenvalue weighted by atomic mass is 32.1. The van der Waals surface area contributed by atoms with Crippen LogP contribution in [0.5, 0.6) is 0 Å². The van der Waals surface area contributed by atoms with Crippen molar-refractivity contribution in [2.24, 2.45) is 0 Å². The molecule has 19 heavy (non-hydrogen) atoms. The Morgan fingerprint density at radius 3 is 2.89 bits per heavy atom. The topological polar surface area (TPSA) is 12.0 Å². The first-order valence-electron chi connectivity index (χ1n) is 7.70. The fraction of sp³-hybridized carbons (Fsp3) is 0.647. The molecule has 1 N–H and O–H groups in total. The number of nitrogens with one attached hydrogen (secondary N) is 1. The summed E-state index contributed by atoms with van der Waals surface area (Å²) in [5, 5.41) is 3.72. The van der Waals surface area contributed by atoms with E-state index in [9.17, 15) is 0 Å². The Balaban J connectivity index is 2.07. The van der Waals surface area contributed by atoms with E-state index in [1.165, 1.54) is 44.1 Å². The fourth-order valence-electron chi connectivity index (χ4n) is 2.74.